The highest BCUT2D eigenvalue weighted by atomic mass is 79.9. The minimum Gasteiger partial charge on any atom is -0.351 e. The van der Waals surface area contributed by atoms with Gasteiger partial charge in [-0.1, -0.05) is 28.1 Å². The second-order valence-electron chi connectivity index (χ2n) is 5.14. The van der Waals surface area contributed by atoms with Crippen molar-refractivity contribution in [1.29, 1.82) is 5.26 Å². The van der Waals surface area contributed by atoms with Crippen molar-refractivity contribution in [2.24, 2.45) is 12.3 Å². The summed E-state index contributed by atoms with van der Waals surface area (Å²) < 4.78 is 3.39. The van der Waals surface area contributed by atoms with Crippen LogP contribution >= 0.6 is 15.9 Å². The Hall–Kier alpha value is -2.98. The number of nitroso groups, excluding NO2 is 1. The molecule has 6 nitrogen and oxygen atoms in total. The van der Waals surface area contributed by atoms with Gasteiger partial charge in [-0.05, 0) is 30.3 Å². The second-order valence-corrected chi connectivity index (χ2v) is 6.06. The third-order valence-electron chi connectivity index (χ3n) is 3.74. The maximum Gasteiger partial charge on any atom is 0.292 e. The van der Waals surface area contributed by atoms with Crippen molar-refractivity contribution < 1.29 is 0 Å². The molecule has 0 radical (unpaired) electrons. The van der Waals surface area contributed by atoms with E-state index in [0.29, 0.717) is 27.2 Å². The molecular formula is C17H11BrN4O2. The highest BCUT2D eigenvalue weighted by Crippen LogP contribution is 2.28. The van der Waals surface area contributed by atoms with Crippen LogP contribution in [0.25, 0.3) is 22.5 Å². The molecule has 0 aliphatic heterocycles. The molecule has 0 unspecified atom stereocenters. The number of hydrogen-bond acceptors (Lipinski definition) is 4. The fourth-order valence-corrected chi connectivity index (χ4v) is 2.82. The van der Waals surface area contributed by atoms with Crippen LogP contribution in [0.15, 0.2) is 63.2 Å². The lowest BCUT2D eigenvalue weighted by Crippen LogP contribution is -2.22. The molecule has 3 aromatic rings. The van der Waals surface area contributed by atoms with Crippen LogP contribution in [0.2, 0.25) is 0 Å². The average molecular weight is 383 g/mol. The van der Waals surface area contributed by atoms with Crippen LogP contribution in [-0.4, -0.2) is 9.24 Å². The summed E-state index contributed by atoms with van der Waals surface area (Å²) in [6.45, 7) is 0. The van der Waals surface area contributed by atoms with E-state index < -0.39 is 5.56 Å². The van der Waals surface area contributed by atoms with E-state index >= 15 is 0 Å². The van der Waals surface area contributed by atoms with Crippen molar-refractivity contribution >= 4 is 15.9 Å². The summed E-state index contributed by atoms with van der Waals surface area (Å²) in [5, 5.41) is 12.2. The van der Waals surface area contributed by atoms with E-state index in [1.807, 2.05) is 25.4 Å². The first-order valence-corrected chi connectivity index (χ1v) is 7.77. The van der Waals surface area contributed by atoms with Crippen LogP contribution in [0.1, 0.15) is 5.56 Å². The quantitative estimate of drug-likeness (QED) is 0.647. The van der Waals surface area contributed by atoms with Gasteiger partial charge in [-0.2, -0.15) is 9.94 Å². The minimum absolute atomic E-state index is 0.114. The number of nitrogens with zero attached hydrogens (tertiary/aromatic N) is 4. The predicted octanol–water partition coefficient (Wildman–Crippen LogP) is 3.68. The average Bonchev–Trinajstić information content (AvgIpc) is 3.00. The summed E-state index contributed by atoms with van der Waals surface area (Å²) in [7, 11) is 1.82. The van der Waals surface area contributed by atoms with Gasteiger partial charge in [-0.3, -0.25) is 4.79 Å². The van der Waals surface area contributed by atoms with Crippen molar-refractivity contribution in [3.8, 4) is 28.6 Å². The molecule has 7 heteroatoms. The van der Waals surface area contributed by atoms with E-state index in [-0.39, 0.29) is 5.56 Å². The summed E-state index contributed by atoms with van der Waals surface area (Å²) >= 11 is 3.35. The molecule has 24 heavy (non-hydrogen) atoms. The molecule has 0 fully saturated rings. The van der Waals surface area contributed by atoms with Crippen LogP contribution in [0.5, 0.6) is 0 Å². The molecule has 0 bridgehead atoms. The Morgan fingerprint density at radius 3 is 2.42 bits per heavy atom. The van der Waals surface area contributed by atoms with Crippen molar-refractivity contribution in [3.05, 3.63) is 74.0 Å². The molecule has 0 aliphatic carbocycles. The van der Waals surface area contributed by atoms with Gasteiger partial charge in [-0.15, -0.1) is 4.91 Å². The lowest BCUT2D eigenvalue weighted by atomic mass is 10.0. The van der Waals surface area contributed by atoms with Crippen molar-refractivity contribution in [3.63, 3.8) is 0 Å². The monoisotopic (exact) mass is 382 g/mol. The molecule has 1 aromatic carbocycles. The number of aryl methyl sites for hydroxylation is 1. The molecule has 0 N–H and O–H groups in total. The molecule has 0 aliphatic rings. The number of nitriles is 1. The lowest BCUT2D eigenvalue weighted by Gasteiger charge is -2.11. The number of aromatic nitrogens is 2. The van der Waals surface area contributed by atoms with Gasteiger partial charge in [0.1, 0.15) is 11.6 Å². The zero-order chi connectivity index (χ0) is 17.3. The Morgan fingerprint density at radius 2 is 1.88 bits per heavy atom. The Bertz CT molecular complexity index is 1030. The maximum absolute atomic E-state index is 12.5. The number of hydrogen-bond donors (Lipinski definition) is 0. The molecule has 118 valence electrons. The van der Waals surface area contributed by atoms with Gasteiger partial charge < -0.3 is 4.57 Å². The highest BCUT2D eigenvalue weighted by Gasteiger charge is 2.19. The fourth-order valence-electron chi connectivity index (χ4n) is 2.56. The molecule has 3 rings (SSSR count). The first-order valence-electron chi connectivity index (χ1n) is 6.98. The van der Waals surface area contributed by atoms with E-state index in [4.69, 9.17) is 0 Å². The number of benzene rings is 1. The normalized spacial score (nSPS) is 10.4. The molecular weight excluding hydrogens is 372 g/mol. The van der Waals surface area contributed by atoms with Crippen molar-refractivity contribution in [2.75, 3.05) is 0 Å². The maximum atomic E-state index is 12.5. The molecule has 0 saturated heterocycles. The van der Waals surface area contributed by atoms with Gasteiger partial charge in [0.2, 0.25) is 0 Å². The highest BCUT2D eigenvalue weighted by molar-refractivity contribution is 9.10. The number of halogens is 1. The van der Waals surface area contributed by atoms with Crippen molar-refractivity contribution in [2.45, 2.75) is 0 Å². The summed E-state index contributed by atoms with van der Waals surface area (Å²) in [6.07, 6.45) is 1.82. The molecule has 2 heterocycles. The lowest BCUT2D eigenvalue weighted by molar-refractivity contribution is 0.822. The largest absolute Gasteiger partial charge is 0.351 e. The Balaban J connectivity index is 2.38. The Kier molecular flexibility index (Phi) is 4.15. The fraction of sp³-hybridized carbons (Fsp3) is 0.0588. The summed E-state index contributed by atoms with van der Waals surface area (Å²) in [4.78, 5) is 23.8. The van der Waals surface area contributed by atoms with Crippen LogP contribution in [0, 0.1) is 16.2 Å². The van der Waals surface area contributed by atoms with Crippen molar-refractivity contribution in [1.82, 2.24) is 9.24 Å². The first kappa shape index (κ1) is 15.9. The molecule has 0 amide bonds. The van der Waals surface area contributed by atoms with E-state index in [1.54, 1.807) is 41.0 Å². The SMILES string of the molecule is Cn1cccc1-c1cc(-c2ccc(Br)cc2)n(N=O)c(=O)c1C#N. The van der Waals surface area contributed by atoms with E-state index in [2.05, 4.69) is 21.2 Å². The zero-order valence-corrected chi connectivity index (χ0v) is 14.2. The Labute approximate surface area is 145 Å². The van der Waals surface area contributed by atoms with E-state index in [1.165, 1.54) is 0 Å². The van der Waals surface area contributed by atoms with Gasteiger partial charge in [-0.25, -0.2) is 0 Å². The second kappa shape index (κ2) is 6.26. The summed E-state index contributed by atoms with van der Waals surface area (Å²) in [5.41, 5.74) is 1.31. The smallest absolute Gasteiger partial charge is 0.292 e. The summed E-state index contributed by atoms with van der Waals surface area (Å²) in [6, 6.07) is 14.3. The van der Waals surface area contributed by atoms with Crippen LogP contribution < -0.4 is 5.56 Å². The third kappa shape index (κ3) is 2.57. The van der Waals surface area contributed by atoms with Gasteiger partial charge in [0.25, 0.3) is 5.56 Å². The zero-order valence-electron chi connectivity index (χ0n) is 12.6. The van der Waals surface area contributed by atoms with Gasteiger partial charge >= 0.3 is 0 Å². The first-order chi connectivity index (χ1) is 11.6. The van der Waals surface area contributed by atoms with Crippen LogP contribution in [0.3, 0.4) is 0 Å². The topological polar surface area (TPSA) is 80.2 Å². The molecule has 0 spiro atoms. The van der Waals surface area contributed by atoms with E-state index in [0.717, 1.165) is 4.47 Å². The third-order valence-corrected chi connectivity index (χ3v) is 4.27. The van der Waals surface area contributed by atoms with Gasteiger partial charge in [0.15, 0.2) is 0 Å². The predicted molar refractivity (Wildman–Crippen MR) is 94.2 cm³/mol. The van der Waals surface area contributed by atoms with Gasteiger partial charge in [0.05, 0.1) is 11.0 Å². The number of rotatable bonds is 3. The minimum atomic E-state index is -0.732. The molecule has 2 aromatic heterocycles. The van der Waals surface area contributed by atoms with Gasteiger partial charge in [0, 0.05) is 34.5 Å². The molecule has 0 saturated carbocycles. The number of pyridine rings is 1. The molecule has 0 atom stereocenters. The Morgan fingerprint density at radius 1 is 1.17 bits per heavy atom. The summed E-state index contributed by atoms with van der Waals surface area (Å²) in [5.74, 6) is 0. The van der Waals surface area contributed by atoms with Crippen LogP contribution in [0.4, 0.5) is 0 Å². The van der Waals surface area contributed by atoms with E-state index in [9.17, 15) is 15.0 Å². The standard InChI is InChI=1S/C17H11BrN4O2/c1-21-8-2-3-15(21)13-9-16(11-4-6-12(18)7-5-11)22(20-24)17(23)14(13)10-19/h2-9H,1H3. The van der Waals surface area contributed by atoms with Crippen LogP contribution in [-0.2, 0) is 7.05 Å².